The van der Waals surface area contributed by atoms with Gasteiger partial charge in [-0.3, -0.25) is 9.59 Å². The SMILES string of the molecule is Cc1nc2cc(NC(=O)C3CC(=O)N(c4ccccc4Br)C3)ccc2o1. The van der Waals surface area contributed by atoms with E-state index in [2.05, 4.69) is 26.2 Å². The highest BCUT2D eigenvalue weighted by Crippen LogP contribution is 2.31. The molecule has 26 heavy (non-hydrogen) atoms. The van der Waals surface area contributed by atoms with Gasteiger partial charge in [-0.2, -0.15) is 0 Å². The molecular formula is C19H16BrN3O3. The van der Waals surface area contributed by atoms with Gasteiger partial charge in [0.25, 0.3) is 0 Å². The smallest absolute Gasteiger partial charge is 0.229 e. The van der Waals surface area contributed by atoms with E-state index in [9.17, 15) is 9.59 Å². The van der Waals surface area contributed by atoms with E-state index in [1.165, 1.54) is 0 Å². The van der Waals surface area contributed by atoms with E-state index in [4.69, 9.17) is 4.42 Å². The third-order valence-electron chi connectivity index (χ3n) is 4.40. The van der Waals surface area contributed by atoms with Gasteiger partial charge < -0.3 is 14.6 Å². The Kier molecular flexibility index (Phi) is 4.24. The van der Waals surface area contributed by atoms with Gasteiger partial charge >= 0.3 is 0 Å². The fraction of sp³-hybridized carbons (Fsp3) is 0.211. The quantitative estimate of drug-likeness (QED) is 0.706. The van der Waals surface area contributed by atoms with Crippen LogP contribution in [0.1, 0.15) is 12.3 Å². The summed E-state index contributed by atoms with van der Waals surface area (Å²) >= 11 is 3.46. The Labute approximate surface area is 158 Å². The fourth-order valence-electron chi connectivity index (χ4n) is 3.15. The van der Waals surface area contributed by atoms with E-state index in [-0.39, 0.29) is 18.2 Å². The lowest BCUT2D eigenvalue weighted by Gasteiger charge is -2.18. The molecule has 4 rings (SSSR count). The number of benzene rings is 2. The standard InChI is InChI=1S/C19H16BrN3O3/c1-11-21-15-9-13(6-7-17(15)26-11)22-19(25)12-8-18(24)23(10-12)16-5-3-2-4-14(16)20/h2-7,9,12H,8,10H2,1H3,(H,22,25). The molecule has 1 saturated heterocycles. The highest BCUT2D eigenvalue weighted by Gasteiger charge is 2.35. The van der Waals surface area contributed by atoms with Gasteiger partial charge in [-0.15, -0.1) is 0 Å². The van der Waals surface area contributed by atoms with E-state index in [1.54, 1.807) is 30.0 Å². The number of para-hydroxylation sites is 1. The van der Waals surface area contributed by atoms with Crippen molar-refractivity contribution >= 4 is 50.2 Å². The number of aromatic nitrogens is 1. The lowest BCUT2D eigenvalue weighted by molar-refractivity contribution is -0.122. The lowest BCUT2D eigenvalue weighted by Crippen LogP contribution is -2.28. The summed E-state index contributed by atoms with van der Waals surface area (Å²) in [5.41, 5.74) is 2.80. The first-order chi connectivity index (χ1) is 12.5. The predicted molar refractivity (Wildman–Crippen MR) is 102 cm³/mol. The second kappa shape index (κ2) is 6.57. The number of aryl methyl sites for hydroxylation is 1. The molecule has 1 aliphatic rings. The van der Waals surface area contributed by atoms with Crippen molar-refractivity contribution in [3.8, 4) is 0 Å². The first-order valence-electron chi connectivity index (χ1n) is 8.24. The van der Waals surface area contributed by atoms with Crippen LogP contribution in [0.2, 0.25) is 0 Å². The molecule has 0 saturated carbocycles. The molecule has 1 atom stereocenters. The second-order valence-corrected chi connectivity index (χ2v) is 7.12. The molecule has 2 amide bonds. The number of oxazole rings is 1. The Morgan fingerprint density at radius 2 is 2.12 bits per heavy atom. The van der Waals surface area contributed by atoms with Crippen LogP contribution in [0.4, 0.5) is 11.4 Å². The highest BCUT2D eigenvalue weighted by molar-refractivity contribution is 9.10. The summed E-state index contributed by atoms with van der Waals surface area (Å²) in [5.74, 6) is -0.0506. The maximum absolute atomic E-state index is 12.6. The molecule has 2 heterocycles. The third-order valence-corrected chi connectivity index (χ3v) is 5.07. The molecule has 6 nitrogen and oxygen atoms in total. The number of fused-ring (bicyclic) bond motifs is 1. The molecule has 1 N–H and O–H groups in total. The molecule has 0 radical (unpaired) electrons. The Morgan fingerprint density at radius 1 is 1.31 bits per heavy atom. The maximum atomic E-state index is 12.6. The number of nitrogens with zero attached hydrogens (tertiary/aromatic N) is 2. The number of nitrogens with one attached hydrogen (secondary N) is 1. The first-order valence-corrected chi connectivity index (χ1v) is 9.03. The molecule has 2 aromatic carbocycles. The van der Waals surface area contributed by atoms with Crippen LogP contribution in [0.5, 0.6) is 0 Å². The average Bonchev–Trinajstić information content (AvgIpc) is 3.17. The number of amides is 2. The summed E-state index contributed by atoms with van der Waals surface area (Å²) in [4.78, 5) is 30.9. The van der Waals surface area contributed by atoms with Crippen molar-refractivity contribution in [2.75, 3.05) is 16.8 Å². The largest absolute Gasteiger partial charge is 0.441 e. The Hall–Kier alpha value is -2.67. The van der Waals surface area contributed by atoms with Gasteiger partial charge in [0.1, 0.15) is 5.52 Å². The van der Waals surface area contributed by atoms with Crippen LogP contribution >= 0.6 is 15.9 Å². The zero-order valence-electron chi connectivity index (χ0n) is 14.0. The molecule has 7 heteroatoms. The normalized spacial score (nSPS) is 17.1. The Morgan fingerprint density at radius 3 is 2.92 bits per heavy atom. The Balaban J connectivity index is 1.49. The number of carbonyl (C=O) groups excluding carboxylic acids is 2. The average molecular weight is 414 g/mol. The highest BCUT2D eigenvalue weighted by atomic mass is 79.9. The number of rotatable bonds is 3. The zero-order valence-corrected chi connectivity index (χ0v) is 15.6. The van der Waals surface area contributed by atoms with Crippen molar-refractivity contribution < 1.29 is 14.0 Å². The van der Waals surface area contributed by atoms with Crippen LogP contribution in [0.15, 0.2) is 51.4 Å². The number of carbonyl (C=O) groups is 2. The lowest BCUT2D eigenvalue weighted by atomic mass is 10.1. The van der Waals surface area contributed by atoms with Crippen molar-refractivity contribution in [3.63, 3.8) is 0 Å². The van der Waals surface area contributed by atoms with Crippen molar-refractivity contribution in [2.24, 2.45) is 5.92 Å². The van der Waals surface area contributed by atoms with Crippen molar-refractivity contribution in [1.29, 1.82) is 0 Å². The molecule has 1 unspecified atom stereocenters. The van der Waals surface area contributed by atoms with Crippen LogP contribution in [0.25, 0.3) is 11.1 Å². The summed E-state index contributed by atoms with van der Waals surface area (Å²) in [6, 6.07) is 12.8. The van der Waals surface area contributed by atoms with Gasteiger partial charge in [0.15, 0.2) is 11.5 Å². The molecule has 0 aliphatic carbocycles. The van der Waals surface area contributed by atoms with Crippen LogP contribution < -0.4 is 10.2 Å². The van der Waals surface area contributed by atoms with Crippen molar-refractivity contribution in [3.05, 3.63) is 52.8 Å². The number of halogens is 1. The fourth-order valence-corrected chi connectivity index (χ4v) is 3.65. The monoisotopic (exact) mass is 413 g/mol. The zero-order chi connectivity index (χ0) is 18.3. The molecule has 0 bridgehead atoms. The molecular weight excluding hydrogens is 398 g/mol. The van der Waals surface area contributed by atoms with Crippen LogP contribution in [0.3, 0.4) is 0 Å². The van der Waals surface area contributed by atoms with Gasteiger partial charge in [-0.1, -0.05) is 12.1 Å². The van der Waals surface area contributed by atoms with E-state index in [0.29, 0.717) is 29.2 Å². The molecule has 1 aliphatic heterocycles. The van der Waals surface area contributed by atoms with Crippen molar-refractivity contribution in [2.45, 2.75) is 13.3 Å². The second-order valence-electron chi connectivity index (χ2n) is 6.26. The predicted octanol–water partition coefficient (Wildman–Crippen LogP) is 3.89. The van der Waals surface area contributed by atoms with Gasteiger partial charge in [-0.25, -0.2) is 4.98 Å². The summed E-state index contributed by atoms with van der Waals surface area (Å²) in [5, 5.41) is 2.88. The summed E-state index contributed by atoms with van der Waals surface area (Å²) in [7, 11) is 0. The minimum Gasteiger partial charge on any atom is -0.441 e. The van der Waals surface area contributed by atoms with E-state index in [0.717, 1.165) is 10.2 Å². The number of hydrogen-bond acceptors (Lipinski definition) is 4. The van der Waals surface area contributed by atoms with E-state index < -0.39 is 5.92 Å². The minimum atomic E-state index is -0.399. The maximum Gasteiger partial charge on any atom is 0.229 e. The van der Waals surface area contributed by atoms with Crippen LogP contribution in [-0.2, 0) is 9.59 Å². The molecule has 1 fully saturated rings. The summed E-state index contributed by atoms with van der Waals surface area (Å²) in [6.45, 7) is 2.14. The van der Waals surface area contributed by atoms with Gasteiger partial charge in [0.05, 0.1) is 11.6 Å². The third kappa shape index (κ3) is 3.10. The molecule has 3 aromatic rings. The molecule has 0 spiro atoms. The van der Waals surface area contributed by atoms with Gasteiger partial charge in [0, 0.05) is 30.0 Å². The molecule has 1 aromatic heterocycles. The van der Waals surface area contributed by atoms with Crippen molar-refractivity contribution in [1.82, 2.24) is 4.98 Å². The Bertz CT molecular complexity index is 1010. The van der Waals surface area contributed by atoms with Gasteiger partial charge in [-0.05, 0) is 46.3 Å². The van der Waals surface area contributed by atoms with Crippen LogP contribution in [-0.4, -0.2) is 23.3 Å². The summed E-state index contributed by atoms with van der Waals surface area (Å²) < 4.78 is 6.27. The van der Waals surface area contributed by atoms with E-state index >= 15 is 0 Å². The number of hydrogen-bond donors (Lipinski definition) is 1. The minimum absolute atomic E-state index is 0.0559. The van der Waals surface area contributed by atoms with Crippen LogP contribution in [0, 0.1) is 12.8 Å². The topological polar surface area (TPSA) is 75.4 Å². The first kappa shape index (κ1) is 16.8. The van der Waals surface area contributed by atoms with E-state index in [1.807, 2.05) is 24.3 Å². The number of anilines is 2. The van der Waals surface area contributed by atoms with Gasteiger partial charge in [0.2, 0.25) is 11.8 Å². The molecule has 132 valence electrons. The summed E-state index contributed by atoms with van der Waals surface area (Å²) in [6.07, 6.45) is 0.193.